The molecule has 0 unspecified atom stereocenters. The van der Waals surface area contributed by atoms with Crippen LogP contribution in [0.25, 0.3) is 0 Å². The van der Waals surface area contributed by atoms with Crippen LogP contribution in [0, 0.1) is 20.8 Å². The first kappa shape index (κ1) is 12.2. The van der Waals surface area contributed by atoms with Crippen molar-refractivity contribution in [2.24, 2.45) is 0 Å². The highest BCUT2D eigenvalue weighted by Crippen LogP contribution is 2.15. The summed E-state index contributed by atoms with van der Waals surface area (Å²) >= 11 is 0. The summed E-state index contributed by atoms with van der Waals surface area (Å²) in [5.41, 5.74) is 3.02. The van der Waals surface area contributed by atoms with Gasteiger partial charge in [-0.2, -0.15) is 0 Å². The monoisotopic (exact) mass is 241 g/mol. The molecule has 0 aliphatic rings. The molecule has 18 heavy (non-hydrogen) atoms. The van der Waals surface area contributed by atoms with Gasteiger partial charge in [-0.1, -0.05) is 18.2 Å². The molecule has 0 fully saturated rings. The fourth-order valence-corrected chi connectivity index (χ4v) is 1.71. The predicted molar refractivity (Wildman–Crippen MR) is 70.6 cm³/mol. The molecule has 0 saturated heterocycles. The first-order valence-electron chi connectivity index (χ1n) is 5.75. The second-order valence-corrected chi connectivity index (χ2v) is 4.19. The standard InChI is InChI=1S/C14H15N3O/c1-9-6-4-5-7-13(9)17-14(18)12-8-15-11(3)16-10(12)2/h4-8H,1-3H3,(H,17,18). The van der Waals surface area contributed by atoms with E-state index in [0.717, 1.165) is 11.3 Å². The highest BCUT2D eigenvalue weighted by atomic mass is 16.1. The van der Waals surface area contributed by atoms with Crippen LogP contribution in [0.4, 0.5) is 5.69 Å². The van der Waals surface area contributed by atoms with Crippen LogP contribution in [0.1, 0.15) is 27.4 Å². The fourth-order valence-electron chi connectivity index (χ4n) is 1.71. The van der Waals surface area contributed by atoms with Crippen molar-refractivity contribution >= 4 is 11.6 Å². The van der Waals surface area contributed by atoms with Gasteiger partial charge in [0.25, 0.3) is 5.91 Å². The average molecular weight is 241 g/mol. The Labute approximate surface area is 106 Å². The van der Waals surface area contributed by atoms with Crippen molar-refractivity contribution < 1.29 is 4.79 Å². The molecule has 2 rings (SSSR count). The number of aromatic nitrogens is 2. The first-order valence-corrected chi connectivity index (χ1v) is 5.75. The summed E-state index contributed by atoms with van der Waals surface area (Å²) in [4.78, 5) is 20.3. The highest BCUT2D eigenvalue weighted by Gasteiger charge is 2.11. The number of nitrogens with zero attached hydrogens (tertiary/aromatic N) is 2. The lowest BCUT2D eigenvalue weighted by Crippen LogP contribution is -2.15. The normalized spacial score (nSPS) is 10.2. The Morgan fingerprint density at radius 3 is 2.56 bits per heavy atom. The number of carbonyl (C=O) groups excluding carboxylic acids is 1. The molecule has 1 amide bonds. The molecule has 0 aliphatic carbocycles. The molecule has 1 aromatic carbocycles. The lowest BCUT2D eigenvalue weighted by Gasteiger charge is -2.09. The third kappa shape index (κ3) is 2.53. The number of amides is 1. The van der Waals surface area contributed by atoms with Gasteiger partial charge in [-0.05, 0) is 32.4 Å². The van der Waals surface area contributed by atoms with Gasteiger partial charge in [0.05, 0.1) is 11.3 Å². The number of nitrogens with one attached hydrogen (secondary N) is 1. The Morgan fingerprint density at radius 1 is 1.17 bits per heavy atom. The molecular weight excluding hydrogens is 226 g/mol. The Hall–Kier alpha value is -2.23. The van der Waals surface area contributed by atoms with Crippen LogP contribution < -0.4 is 5.32 Å². The van der Waals surface area contributed by atoms with Crippen LogP contribution >= 0.6 is 0 Å². The Kier molecular flexibility index (Phi) is 3.37. The molecule has 0 radical (unpaired) electrons. The minimum absolute atomic E-state index is 0.179. The number of hydrogen-bond donors (Lipinski definition) is 1. The van der Waals surface area contributed by atoms with Gasteiger partial charge >= 0.3 is 0 Å². The summed E-state index contributed by atoms with van der Waals surface area (Å²) < 4.78 is 0. The minimum Gasteiger partial charge on any atom is -0.322 e. The lowest BCUT2D eigenvalue weighted by molar-refractivity contribution is 0.102. The van der Waals surface area contributed by atoms with E-state index in [0.29, 0.717) is 17.1 Å². The van der Waals surface area contributed by atoms with Crippen LogP contribution in [-0.2, 0) is 0 Å². The van der Waals surface area contributed by atoms with Crippen molar-refractivity contribution in [3.8, 4) is 0 Å². The summed E-state index contributed by atoms with van der Waals surface area (Å²) in [6, 6.07) is 7.65. The van der Waals surface area contributed by atoms with E-state index in [-0.39, 0.29) is 5.91 Å². The zero-order chi connectivity index (χ0) is 13.1. The van der Waals surface area contributed by atoms with Crippen LogP contribution in [0.2, 0.25) is 0 Å². The maximum atomic E-state index is 12.1. The Bertz CT molecular complexity index is 593. The first-order chi connectivity index (χ1) is 8.58. The molecule has 4 heteroatoms. The predicted octanol–water partition coefficient (Wildman–Crippen LogP) is 2.65. The number of para-hydroxylation sites is 1. The van der Waals surface area contributed by atoms with E-state index in [2.05, 4.69) is 15.3 Å². The highest BCUT2D eigenvalue weighted by molar-refractivity contribution is 6.05. The van der Waals surface area contributed by atoms with Gasteiger partial charge in [0, 0.05) is 11.9 Å². The number of benzene rings is 1. The van der Waals surface area contributed by atoms with Crippen molar-refractivity contribution in [1.82, 2.24) is 9.97 Å². The molecule has 1 heterocycles. The molecule has 1 N–H and O–H groups in total. The second kappa shape index (κ2) is 4.96. The average Bonchev–Trinajstić information content (AvgIpc) is 2.32. The maximum absolute atomic E-state index is 12.1. The van der Waals surface area contributed by atoms with Gasteiger partial charge in [0.1, 0.15) is 5.82 Å². The molecular formula is C14H15N3O. The van der Waals surface area contributed by atoms with E-state index in [1.165, 1.54) is 0 Å². The van der Waals surface area contributed by atoms with Gasteiger partial charge < -0.3 is 5.32 Å². The van der Waals surface area contributed by atoms with E-state index in [1.807, 2.05) is 31.2 Å². The lowest BCUT2D eigenvalue weighted by atomic mass is 10.2. The summed E-state index contributed by atoms with van der Waals surface area (Å²) in [7, 11) is 0. The van der Waals surface area contributed by atoms with Crippen LogP contribution in [0.5, 0.6) is 0 Å². The minimum atomic E-state index is -0.179. The van der Waals surface area contributed by atoms with Crippen molar-refractivity contribution in [3.05, 3.63) is 53.1 Å². The number of hydrogen-bond acceptors (Lipinski definition) is 3. The van der Waals surface area contributed by atoms with Gasteiger partial charge in [0.2, 0.25) is 0 Å². The summed E-state index contributed by atoms with van der Waals surface area (Å²) in [6.45, 7) is 5.56. The quantitative estimate of drug-likeness (QED) is 0.879. The molecule has 0 bridgehead atoms. The van der Waals surface area contributed by atoms with Gasteiger partial charge in [-0.25, -0.2) is 9.97 Å². The molecule has 0 aliphatic heterocycles. The van der Waals surface area contributed by atoms with Crippen molar-refractivity contribution in [1.29, 1.82) is 0 Å². The molecule has 0 spiro atoms. The molecule has 4 nitrogen and oxygen atoms in total. The largest absolute Gasteiger partial charge is 0.322 e. The summed E-state index contributed by atoms with van der Waals surface area (Å²) in [6.07, 6.45) is 1.56. The molecule has 2 aromatic rings. The van der Waals surface area contributed by atoms with Crippen LogP contribution in [0.3, 0.4) is 0 Å². The number of carbonyl (C=O) groups is 1. The number of rotatable bonds is 2. The topological polar surface area (TPSA) is 54.9 Å². The molecule has 0 saturated carbocycles. The maximum Gasteiger partial charge on any atom is 0.259 e. The van der Waals surface area contributed by atoms with Crippen molar-refractivity contribution in [2.45, 2.75) is 20.8 Å². The fraction of sp³-hybridized carbons (Fsp3) is 0.214. The van der Waals surface area contributed by atoms with Crippen molar-refractivity contribution in [2.75, 3.05) is 5.32 Å². The SMILES string of the molecule is Cc1ncc(C(=O)Nc2ccccc2C)c(C)n1. The van der Waals surface area contributed by atoms with Gasteiger partial charge in [0.15, 0.2) is 0 Å². The smallest absolute Gasteiger partial charge is 0.259 e. The zero-order valence-electron chi connectivity index (χ0n) is 10.7. The van der Waals surface area contributed by atoms with E-state index in [1.54, 1.807) is 20.0 Å². The number of aryl methyl sites for hydroxylation is 3. The van der Waals surface area contributed by atoms with Gasteiger partial charge in [-0.15, -0.1) is 0 Å². The zero-order valence-corrected chi connectivity index (χ0v) is 10.7. The van der Waals surface area contributed by atoms with E-state index in [4.69, 9.17) is 0 Å². The molecule has 0 atom stereocenters. The third-order valence-electron chi connectivity index (χ3n) is 2.74. The summed E-state index contributed by atoms with van der Waals surface area (Å²) in [5, 5.41) is 2.87. The Morgan fingerprint density at radius 2 is 1.89 bits per heavy atom. The van der Waals surface area contributed by atoms with Crippen LogP contribution in [-0.4, -0.2) is 15.9 Å². The van der Waals surface area contributed by atoms with Gasteiger partial charge in [-0.3, -0.25) is 4.79 Å². The van der Waals surface area contributed by atoms with E-state index < -0.39 is 0 Å². The van der Waals surface area contributed by atoms with E-state index in [9.17, 15) is 4.79 Å². The molecule has 92 valence electrons. The Balaban J connectivity index is 2.25. The third-order valence-corrected chi connectivity index (χ3v) is 2.74. The van der Waals surface area contributed by atoms with Crippen LogP contribution in [0.15, 0.2) is 30.5 Å². The molecule has 1 aromatic heterocycles. The summed E-state index contributed by atoms with van der Waals surface area (Å²) in [5.74, 6) is 0.488. The van der Waals surface area contributed by atoms with Crippen molar-refractivity contribution in [3.63, 3.8) is 0 Å². The number of anilines is 1. The van der Waals surface area contributed by atoms with E-state index >= 15 is 0 Å². The second-order valence-electron chi connectivity index (χ2n) is 4.19.